The molecule has 0 saturated heterocycles. The quantitative estimate of drug-likeness (QED) is 0.415. The Balaban J connectivity index is 3.22. The molecule has 0 aromatic rings. The molecule has 0 radical (unpaired) electrons. The summed E-state index contributed by atoms with van der Waals surface area (Å²) in [5.41, 5.74) is 0. The fourth-order valence-corrected chi connectivity index (χ4v) is 1.97. The van der Waals surface area contributed by atoms with E-state index in [9.17, 15) is 9.59 Å². The van der Waals surface area contributed by atoms with Crippen LogP contribution in [0.2, 0.25) is 0 Å². The monoisotopic (exact) mass is 301 g/mol. The van der Waals surface area contributed by atoms with Crippen LogP contribution in [0.25, 0.3) is 0 Å². The van der Waals surface area contributed by atoms with E-state index in [-0.39, 0.29) is 5.97 Å². The second kappa shape index (κ2) is 15.1. The molecule has 5 nitrogen and oxygen atoms in total. The minimum absolute atomic E-state index is 0.107. The lowest BCUT2D eigenvalue weighted by atomic mass is 10.1. The number of ether oxygens (including phenoxy) is 2. The van der Waals surface area contributed by atoms with E-state index in [2.05, 4.69) is 17.0 Å². The highest BCUT2D eigenvalue weighted by Crippen LogP contribution is 2.06. The van der Waals surface area contributed by atoms with Gasteiger partial charge in [-0.15, -0.1) is 0 Å². The second-order valence-electron chi connectivity index (χ2n) is 5.22. The molecule has 21 heavy (non-hydrogen) atoms. The Morgan fingerprint density at radius 2 is 1.57 bits per heavy atom. The molecule has 0 spiro atoms. The number of rotatable bonds is 13. The van der Waals surface area contributed by atoms with Gasteiger partial charge in [0.25, 0.3) is 0 Å². The molecule has 0 aliphatic rings. The third-order valence-electron chi connectivity index (χ3n) is 3.27. The zero-order valence-corrected chi connectivity index (χ0v) is 13.6. The van der Waals surface area contributed by atoms with Gasteiger partial charge in [0.1, 0.15) is 0 Å². The van der Waals surface area contributed by atoms with Gasteiger partial charge < -0.3 is 14.8 Å². The van der Waals surface area contributed by atoms with Crippen molar-refractivity contribution in [1.82, 2.24) is 5.32 Å². The summed E-state index contributed by atoms with van der Waals surface area (Å²) >= 11 is 0. The van der Waals surface area contributed by atoms with E-state index >= 15 is 0 Å². The van der Waals surface area contributed by atoms with Crippen molar-refractivity contribution in [2.24, 2.45) is 0 Å². The Morgan fingerprint density at radius 1 is 0.905 bits per heavy atom. The van der Waals surface area contributed by atoms with Gasteiger partial charge in [-0.2, -0.15) is 0 Å². The number of unbranched alkanes of at least 4 members (excludes halogenated alkanes) is 7. The van der Waals surface area contributed by atoms with Crippen LogP contribution in [0.15, 0.2) is 0 Å². The van der Waals surface area contributed by atoms with Crippen LogP contribution in [0, 0.1) is 0 Å². The summed E-state index contributed by atoms with van der Waals surface area (Å²) in [7, 11) is 1.34. The molecule has 124 valence electrons. The highest BCUT2D eigenvalue weighted by molar-refractivity contribution is 5.69. The number of hydrogen-bond acceptors (Lipinski definition) is 4. The van der Waals surface area contributed by atoms with Gasteiger partial charge in [-0.25, -0.2) is 4.79 Å². The van der Waals surface area contributed by atoms with Crippen molar-refractivity contribution in [3.05, 3.63) is 0 Å². The number of esters is 1. The Labute approximate surface area is 128 Å². The number of carbonyl (C=O) groups excluding carboxylic acids is 2. The summed E-state index contributed by atoms with van der Waals surface area (Å²) < 4.78 is 9.64. The van der Waals surface area contributed by atoms with Crippen molar-refractivity contribution >= 4 is 12.1 Å². The summed E-state index contributed by atoms with van der Waals surface area (Å²) in [5, 5.41) is 2.61. The molecule has 1 amide bonds. The highest BCUT2D eigenvalue weighted by atomic mass is 16.5. The molecule has 5 heteroatoms. The molecule has 0 atom stereocenters. The average Bonchev–Trinajstić information content (AvgIpc) is 2.49. The molecule has 1 N–H and O–H groups in total. The third-order valence-corrected chi connectivity index (χ3v) is 3.27. The van der Waals surface area contributed by atoms with Crippen molar-refractivity contribution in [2.75, 3.05) is 20.3 Å². The normalized spacial score (nSPS) is 10.2. The number of methoxy groups -OCH3 is 1. The molecule has 0 bridgehead atoms. The van der Waals surface area contributed by atoms with Gasteiger partial charge in [0.2, 0.25) is 0 Å². The highest BCUT2D eigenvalue weighted by Gasteiger charge is 2.03. The maximum absolute atomic E-state index is 11.5. The van der Waals surface area contributed by atoms with Gasteiger partial charge in [-0.3, -0.25) is 4.79 Å². The molecule has 0 aromatic heterocycles. The predicted molar refractivity (Wildman–Crippen MR) is 83.2 cm³/mol. The Bertz CT molecular complexity index is 269. The molecule has 0 aliphatic heterocycles. The summed E-state index contributed by atoms with van der Waals surface area (Å²) in [5.74, 6) is -0.107. The molecule has 0 aliphatic carbocycles. The van der Waals surface area contributed by atoms with Crippen LogP contribution in [0.1, 0.15) is 71.1 Å². The van der Waals surface area contributed by atoms with Gasteiger partial charge in [-0.1, -0.05) is 45.4 Å². The van der Waals surface area contributed by atoms with E-state index in [0.29, 0.717) is 19.6 Å². The second-order valence-corrected chi connectivity index (χ2v) is 5.22. The zero-order valence-electron chi connectivity index (χ0n) is 13.6. The van der Waals surface area contributed by atoms with Gasteiger partial charge in [-0.05, 0) is 19.3 Å². The van der Waals surface area contributed by atoms with Crippen molar-refractivity contribution in [3.63, 3.8) is 0 Å². The summed E-state index contributed by atoms with van der Waals surface area (Å²) in [4.78, 5) is 22.2. The van der Waals surface area contributed by atoms with Crippen molar-refractivity contribution in [1.29, 1.82) is 0 Å². The van der Waals surface area contributed by atoms with E-state index < -0.39 is 6.09 Å². The maximum atomic E-state index is 11.5. The SMILES string of the molecule is CCCCCCCCOC(=O)CCCCCNC(=O)OC. The van der Waals surface area contributed by atoms with E-state index in [1.807, 2.05) is 0 Å². The Kier molecular flexibility index (Phi) is 14.2. The molecule has 0 fully saturated rings. The zero-order chi connectivity index (χ0) is 15.8. The van der Waals surface area contributed by atoms with Crippen molar-refractivity contribution < 1.29 is 19.1 Å². The van der Waals surface area contributed by atoms with Crippen LogP contribution >= 0.6 is 0 Å². The molecule has 0 heterocycles. The summed E-state index contributed by atoms with van der Waals surface area (Å²) in [6, 6.07) is 0. The first-order valence-corrected chi connectivity index (χ1v) is 8.18. The van der Waals surface area contributed by atoms with Gasteiger partial charge in [0, 0.05) is 13.0 Å². The predicted octanol–water partition coefficient (Wildman–Crippen LogP) is 3.81. The fraction of sp³-hybridized carbons (Fsp3) is 0.875. The van der Waals surface area contributed by atoms with E-state index in [0.717, 1.165) is 32.1 Å². The molecule has 0 aromatic carbocycles. The Hall–Kier alpha value is -1.26. The van der Waals surface area contributed by atoms with E-state index in [1.165, 1.54) is 32.8 Å². The fourth-order valence-electron chi connectivity index (χ4n) is 1.97. The van der Waals surface area contributed by atoms with Gasteiger partial charge in [0.15, 0.2) is 0 Å². The number of alkyl carbamates (subject to hydrolysis) is 1. The molecule has 0 saturated carbocycles. The molecule has 0 unspecified atom stereocenters. The lowest BCUT2D eigenvalue weighted by molar-refractivity contribution is -0.143. The minimum atomic E-state index is -0.409. The van der Waals surface area contributed by atoms with Crippen LogP contribution < -0.4 is 5.32 Å². The third kappa shape index (κ3) is 15.0. The summed E-state index contributed by atoms with van der Waals surface area (Å²) in [6.45, 7) is 3.33. The first-order valence-electron chi connectivity index (χ1n) is 8.18. The van der Waals surface area contributed by atoms with Crippen LogP contribution in [-0.2, 0) is 14.3 Å². The van der Waals surface area contributed by atoms with Crippen LogP contribution in [0.5, 0.6) is 0 Å². The first kappa shape index (κ1) is 19.7. The lowest BCUT2D eigenvalue weighted by Gasteiger charge is -2.05. The number of amides is 1. The van der Waals surface area contributed by atoms with Crippen molar-refractivity contribution in [3.8, 4) is 0 Å². The molecule has 0 rings (SSSR count). The number of carbonyl (C=O) groups is 2. The van der Waals surface area contributed by atoms with E-state index in [1.54, 1.807) is 0 Å². The van der Waals surface area contributed by atoms with Crippen LogP contribution in [0.3, 0.4) is 0 Å². The lowest BCUT2D eigenvalue weighted by Crippen LogP contribution is -2.23. The number of hydrogen-bond donors (Lipinski definition) is 1. The van der Waals surface area contributed by atoms with Crippen molar-refractivity contribution in [2.45, 2.75) is 71.1 Å². The summed E-state index contributed by atoms with van der Waals surface area (Å²) in [6.07, 6.45) is 9.79. The smallest absolute Gasteiger partial charge is 0.406 e. The topological polar surface area (TPSA) is 64.6 Å². The van der Waals surface area contributed by atoms with Crippen LogP contribution in [0.4, 0.5) is 4.79 Å². The first-order chi connectivity index (χ1) is 10.2. The van der Waals surface area contributed by atoms with Crippen LogP contribution in [-0.4, -0.2) is 32.3 Å². The number of nitrogens with one attached hydrogen (secondary N) is 1. The minimum Gasteiger partial charge on any atom is -0.466 e. The molecular formula is C16H31NO4. The standard InChI is InChI=1S/C16H31NO4/c1-3-4-5-6-7-11-14-21-15(18)12-9-8-10-13-17-16(19)20-2/h3-14H2,1-2H3,(H,17,19). The molecular weight excluding hydrogens is 270 g/mol. The van der Waals surface area contributed by atoms with Gasteiger partial charge >= 0.3 is 12.1 Å². The van der Waals surface area contributed by atoms with Gasteiger partial charge in [0.05, 0.1) is 13.7 Å². The Morgan fingerprint density at radius 3 is 2.29 bits per heavy atom. The van der Waals surface area contributed by atoms with E-state index in [4.69, 9.17) is 4.74 Å². The largest absolute Gasteiger partial charge is 0.466 e. The average molecular weight is 301 g/mol. The maximum Gasteiger partial charge on any atom is 0.406 e.